The Morgan fingerprint density at radius 1 is 0.852 bits per heavy atom. The largest absolute Gasteiger partial charge is 0.453 e. The first-order valence-corrected chi connectivity index (χ1v) is 20.9. The summed E-state index contributed by atoms with van der Waals surface area (Å²) in [6, 6.07) is 20.0. The summed E-state index contributed by atoms with van der Waals surface area (Å²) in [4.78, 5) is 71.3. The molecular weight excluding hydrogens is 777 g/mol. The van der Waals surface area contributed by atoms with E-state index in [1.54, 1.807) is 22.2 Å². The van der Waals surface area contributed by atoms with E-state index < -0.39 is 18.2 Å². The third-order valence-corrected chi connectivity index (χ3v) is 11.3. The maximum Gasteiger partial charge on any atom is 0.411 e. The van der Waals surface area contributed by atoms with Crippen LogP contribution in [0.3, 0.4) is 0 Å². The molecule has 320 valence electrons. The zero-order valence-electron chi connectivity index (χ0n) is 35.4. The van der Waals surface area contributed by atoms with Gasteiger partial charge in [0.1, 0.15) is 23.4 Å². The molecule has 2 saturated heterocycles. The molecule has 4 N–H and O–H groups in total. The summed E-state index contributed by atoms with van der Waals surface area (Å²) >= 11 is 0. The first-order chi connectivity index (χ1) is 29.6. The van der Waals surface area contributed by atoms with E-state index in [0.717, 1.165) is 69.2 Å². The Balaban J connectivity index is 1.02. The first kappa shape index (κ1) is 42.6. The number of amides is 4. The standard InChI is InChI=1S/C46H54N8O7/c1-6-19-53(43(55)40(28(2)3)51-45(57)59-4)27-39-47-25-37(49-39)35-16-15-33-23-32(13-14-34(33)24-35)29-9-11-30(12-10-29)36-26-48-42(50-36)38-8-7-20-54(38)44(56)41(52-46(58)60-5)31-17-21-61-22-18-31/h9-16,23-26,28,38,40H,6-8,17-22,27H2,1-5H3,(H,47,49)(H,48,50)(H,51,57)(H,52,58)/t38-,40-/m0/s1. The van der Waals surface area contributed by atoms with Crippen LogP contribution in [0.2, 0.25) is 0 Å². The third kappa shape index (κ3) is 9.78. The van der Waals surface area contributed by atoms with Crippen molar-refractivity contribution < 1.29 is 33.4 Å². The van der Waals surface area contributed by atoms with Gasteiger partial charge >= 0.3 is 12.2 Å². The summed E-state index contributed by atoms with van der Waals surface area (Å²) in [7, 11) is 2.57. The molecule has 2 fully saturated rings. The minimum absolute atomic E-state index is 0.123. The monoisotopic (exact) mass is 830 g/mol. The molecule has 0 saturated carbocycles. The van der Waals surface area contributed by atoms with Gasteiger partial charge in [-0.05, 0) is 83.2 Å². The molecule has 15 heteroatoms. The highest BCUT2D eigenvalue weighted by molar-refractivity contribution is 5.97. The van der Waals surface area contributed by atoms with Gasteiger partial charge in [-0.3, -0.25) is 14.9 Å². The molecule has 0 bridgehead atoms. The van der Waals surface area contributed by atoms with E-state index in [4.69, 9.17) is 19.2 Å². The molecule has 2 aromatic heterocycles. The summed E-state index contributed by atoms with van der Waals surface area (Å²) in [5.41, 5.74) is 6.93. The molecule has 61 heavy (non-hydrogen) atoms. The number of aromatic amines is 2. The van der Waals surface area contributed by atoms with Crippen molar-refractivity contribution in [2.24, 2.45) is 5.92 Å². The molecule has 3 aromatic carbocycles. The predicted molar refractivity (Wildman–Crippen MR) is 231 cm³/mol. The number of carbonyl (C=O) groups excluding carboxylic acids is 4. The van der Waals surface area contributed by atoms with Crippen LogP contribution < -0.4 is 10.6 Å². The lowest BCUT2D eigenvalue weighted by Gasteiger charge is -2.28. The van der Waals surface area contributed by atoms with E-state index in [2.05, 4.69) is 86.2 Å². The molecule has 2 aliphatic rings. The number of likely N-dealkylation sites (tertiary alicyclic amines) is 1. The van der Waals surface area contributed by atoms with Crippen LogP contribution >= 0.6 is 0 Å². The quantitative estimate of drug-likeness (QED) is 0.0874. The summed E-state index contributed by atoms with van der Waals surface area (Å²) in [6.45, 7) is 8.15. The molecule has 2 atom stereocenters. The van der Waals surface area contributed by atoms with Crippen molar-refractivity contribution in [3.63, 3.8) is 0 Å². The number of hydrogen-bond donors (Lipinski definition) is 4. The Morgan fingerprint density at radius 3 is 2.18 bits per heavy atom. The van der Waals surface area contributed by atoms with Gasteiger partial charge in [0, 0.05) is 18.7 Å². The lowest BCUT2D eigenvalue weighted by Crippen LogP contribution is -2.51. The molecule has 5 aromatic rings. The molecule has 0 spiro atoms. The molecule has 0 aliphatic carbocycles. The van der Waals surface area contributed by atoms with Gasteiger partial charge in [-0.2, -0.15) is 0 Å². The fourth-order valence-electron chi connectivity index (χ4n) is 8.04. The molecule has 4 amide bonds. The van der Waals surface area contributed by atoms with Gasteiger partial charge < -0.3 is 39.3 Å². The minimum Gasteiger partial charge on any atom is -0.453 e. The zero-order valence-corrected chi connectivity index (χ0v) is 35.4. The minimum atomic E-state index is -0.713. The normalized spacial score (nSPS) is 15.7. The van der Waals surface area contributed by atoms with E-state index in [9.17, 15) is 19.2 Å². The fraction of sp³-hybridized carbons (Fsp3) is 0.391. The van der Waals surface area contributed by atoms with Crippen LogP contribution in [0.5, 0.6) is 0 Å². The number of rotatable bonds is 13. The average molecular weight is 831 g/mol. The molecule has 0 unspecified atom stereocenters. The van der Waals surface area contributed by atoms with Crippen LogP contribution in [0.1, 0.15) is 70.6 Å². The third-order valence-electron chi connectivity index (χ3n) is 11.3. The predicted octanol–water partition coefficient (Wildman–Crippen LogP) is 7.49. The number of carbonyl (C=O) groups is 4. The zero-order chi connectivity index (χ0) is 43.0. The lowest BCUT2D eigenvalue weighted by atomic mass is 9.98. The van der Waals surface area contributed by atoms with Crippen LogP contribution in [0.25, 0.3) is 44.4 Å². The maximum atomic E-state index is 13.9. The van der Waals surface area contributed by atoms with Crippen LogP contribution in [-0.2, 0) is 30.3 Å². The van der Waals surface area contributed by atoms with Crippen molar-refractivity contribution >= 4 is 34.8 Å². The number of alkyl carbamates (subject to hydrolysis) is 2. The smallest absolute Gasteiger partial charge is 0.411 e. The van der Waals surface area contributed by atoms with Crippen molar-refractivity contribution in [2.75, 3.05) is 40.5 Å². The van der Waals surface area contributed by atoms with Crippen LogP contribution in [0, 0.1) is 5.92 Å². The Hall–Kier alpha value is -6.48. The van der Waals surface area contributed by atoms with Gasteiger partial charge in [0.15, 0.2) is 0 Å². The second kappa shape index (κ2) is 19.3. The van der Waals surface area contributed by atoms with Crippen molar-refractivity contribution in [1.82, 2.24) is 40.4 Å². The molecule has 0 radical (unpaired) electrons. The van der Waals surface area contributed by atoms with E-state index in [-0.39, 0.29) is 36.0 Å². The molecule has 7 rings (SSSR count). The Labute approximate surface area is 355 Å². The topological polar surface area (TPSA) is 184 Å². The Bertz CT molecular complexity index is 2390. The van der Waals surface area contributed by atoms with Crippen LogP contribution in [-0.4, -0.2) is 100 Å². The van der Waals surface area contributed by atoms with Gasteiger partial charge in [0.05, 0.1) is 63.8 Å². The number of methoxy groups -OCH3 is 2. The summed E-state index contributed by atoms with van der Waals surface area (Å²) in [5.74, 6) is 0.820. The molecule has 2 aliphatic heterocycles. The average Bonchev–Trinajstić information content (AvgIpc) is 4.09. The second-order valence-electron chi connectivity index (χ2n) is 15.8. The van der Waals surface area contributed by atoms with E-state index >= 15 is 0 Å². The number of fused-ring (bicyclic) bond motifs is 1. The Kier molecular flexibility index (Phi) is 13.5. The highest BCUT2D eigenvalue weighted by atomic mass is 16.5. The van der Waals surface area contributed by atoms with E-state index in [0.29, 0.717) is 50.8 Å². The van der Waals surface area contributed by atoms with Crippen molar-refractivity contribution in [3.05, 3.63) is 96.0 Å². The summed E-state index contributed by atoms with van der Waals surface area (Å²) < 4.78 is 15.1. The van der Waals surface area contributed by atoms with E-state index in [1.807, 2.05) is 20.8 Å². The Morgan fingerprint density at radius 2 is 1.49 bits per heavy atom. The van der Waals surface area contributed by atoms with E-state index in [1.165, 1.54) is 14.2 Å². The first-order valence-electron chi connectivity index (χ1n) is 20.9. The van der Waals surface area contributed by atoms with Gasteiger partial charge in [-0.15, -0.1) is 0 Å². The number of ether oxygens (including phenoxy) is 3. The summed E-state index contributed by atoms with van der Waals surface area (Å²) in [5, 5.41) is 7.54. The van der Waals surface area contributed by atoms with Gasteiger partial charge in [0.2, 0.25) is 5.91 Å². The van der Waals surface area contributed by atoms with Gasteiger partial charge in [-0.1, -0.05) is 69.3 Å². The fourth-order valence-corrected chi connectivity index (χ4v) is 8.04. The highest BCUT2D eigenvalue weighted by Gasteiger charge is 2.36. The molecule has 15 nitrogen and oxygen atoms in total. The SMILES string of the molecule is CCCN(Cc1ncc(-c2ccc3cc(-c4ccc(-c5cnc([C@@H]6CCCN6C(=O)C(NC(=O)OC)=C6CCOCC6)[nH]5)cc4)ccc3c2)[nH]1)C(=O)[C@@H](NC(=O)OC)C(C)C. The molecule has 4 heterocycles. The number of nitrogens with one attached hydrogen (secondary N) is 4. The number of hydrogen-bond acceptors (Lipinski definition) is 9. The second-order valence-corrected chi connectivity index (χ2v) is 15.8. The lowest BCUT2D eigenvalue weighted by molar-refractivity contribution is -0.135. The maximum absolute atomic E-state index is 13.9. The number of H-pyrrole nitrogens is 2. The van der Waals surface area contributed by atoms with Gasteiger partial charge in [0.25, 0.3) is 5.91 Å². The number of benzene rings is 3. The van der Waals surface area contributed by atoms with Gasteiger partial charge in [-0.25, -0.2) is 19.6 Å². The highest BCUT2D eigenvalue weighted by Crippen LogP contribution is 2.35. The molecular formula is C46H54N8O7. The summed E-state index contributed by atoms with van der Waals surface area (Å²) in [6.07, 6.45) is 5.76. The number of aromatic nitrogens is 4. The van der Waals surface area contributed by atoms with Crippen molar-refractivity contribution in [2.45, 2.75) is 71.5 Å². The number of nitrogens with zero attached hydrogens (tertiary/aromatic N) is 4. The van der Waals surface area contributed by atoms with Crippen molar-refractivity contribution in [1.29, 1.82) is 0 Å². The number of imidazole rings is 2. The van der Waals surface area contributed by atoms with Crippen LogP contribution in [0.15, 0.2) is 84.3 Å². The van der Waals surface area contributed by atoms with Crippen LogP contribution in [0.4, 0.5) is 9.59 Å². The van der Waals surface area contributed by atoms with Crippen molar-refractivity contribution in [3.8, 4) is 33.6 Å².